The minimum atomic E-state index is -1.07. The molecule has 0 bridgehead atoms. The number of piperidine rings is 1. The van der Waals surface area contributed by atoms with Crippen LogP contribution in [-0.4, -0.2) is 82.2 Å². The van der Waals surface area contributed by atoms with Gasteiger partial charge in [-0.3, -0.25) is 24.1 Å². The summed E-state index contributed by atoms with van der Waals surface area (Å²) in [6, 6.07) is -1.42. The third-order valence-corrected chi connectivity index (χ3v) is 9.28. The first kappa shape index (κ1) is 33.4. The largest absolute Gasteiger partial charge is 0.393 e. The molecule has 1 heterocycles. The fourth-order valence-electron chi connectivity index (χ4n) is 5.87. The molecule has 8 heteroatoms. The SMILES string of the molecule is CC[C@H](C)[C@@H](C(=O)C[C@H](C(=O)N[C@@H](CC(C)C)C(=O)C1(C)CC1)[C@@H](C)O)N1CC[C@H](C)[C@H](N(C)C(C)C)C1=O. The van der Waals surface area contributed by atoms with E-state index in [1.165, 1.54) is 6.92 Å². The van der Waals surface area contributed by atoms with Crippen molar-refractivity contribution in [3.63, 3.8) is 0 Å². The Bertz CT molecular complexity index is 881. The Morgan fingerprint density at radius 3 is 2.18 bits per heavy atom. The summed E-state index contributed by atoms with van der Waals surface area (Å²) in [5, 5.41) is 13.5. The first-order valence-corrected chi connectivity index (χ1v) is 15.1. The molecule has 0 aromatic carbocycles. The van der Waals surface area contributed by atoms with Crippen LogP contribution in [0, 0.1) is 29.1 Å². The van der Waals surface area contributed by atoms with Crippen LogP contribution in [0.5, 0.6) is 0 Å². The zero-order valence-electron chi connectivity index (χ0n) is 26.1. The number of hydrogen-bond acceptors (Lipinski definition) is 6. The highest BCUT2D eigenvalue weighted by Gasteiger charge is 2.48. The second kappa shape index (κ2) is 13.7. The average Bonchev–Trinajstić information content (AvgIpc) is 3.60. The van der Waals surface area contributed by atoms with Crippen molar-refractivity contribution in [1.82, 2.24) is 15.1 Å². The van der Waals surface area contributed by atoms with Crippen LogP contribution in [0.2, 0.25) is 0 Å². The van der Waals surface area contributed by atoms with Crippen molar-refractivity contribution in [2.24, 2.45) is 29.1 Å². The van der Waals surface area contributed by atoms with Gasteiger partial charge in [-0.1, -0.05) is 48.0 Å². The maximum atomic E-state index is 13.9. The average molecular weight is 550 g/mol. The molecular weight excluding hydrogens is 494 g/mol. The van der Waals surface area contributed by atoms with Gasteiger partial charge in [0, 0.05) is 24.4 Å². The molecule has 224 valence electrons. The minimum absolute atomic E-state index is 0.0334. The molecule has 2 amide bonds. The van der Waals surface area contributed by atoms with E-state index in [-0.39, 0.29) is 53.7 Å². The van der Waals surface area contributed by atoms with Gasteiger partial charge in [0.15, 0.2) is 11.6 Å². The summed E-state index contributed by atoms with van der Waals surface area (Å²) in [6.07, 6.45) is 2.40. The van der Waals surface area contributed by atoms with Gasteiger partial charge in [-0.25, -0.2) is 0 Å². The first-order chi connectivity index (χ1) is 18.0. The van der Waals surface area contributed by atoms with Crippen LogP contribution in [0.15, 0.2) is 0 Å². The lowest BCUT2D eigenvalue weighted by Crippen LogP contribution is -2.61. The molecule has 2 N–H and O–H groups in total. The van der Waals surface area contributed by atoms with E-state index >= 15 is 0 Å². The van der Waals surface area contributed by atoms with E-state index in [2.05, 4.69) is 31.0 Å². The van der Waals surface area contributed by atoms with E-state index in [1.807, 2.05) is 41.7 Å². The standard InChI is InChI=1S/C31H55N3O5/c1-11-20(6)26(34-15-12-21(7)27(30(34)39)33(10)19(4)5)25(36)17-23(22(8)35)29(38)32-24(16-18(2)3)28(37)31(9)13-14-31/h18-24,26-27,35H,11-17H2,1-10H3,(H,32,38)/t20-,21-,22+,23-,24-,26-,27-/m0/s1. The van der Waals surface area contributed by atoms with Gasteiger partial charge in [0.25, 0.3) is 0 Å². The summed E-state index contributed by atoms with van der Waals surface area (Å²) in [7, 11) is 1.96. The van der Waals surface area contributed by atoms with E-state index in [0.717, 1.165) is 19.3 Å². The number of carbonyl (C=O) groups excluding carboxylic acids is 4. The lowest BCUT2D eigenvalue weighted by Gasteiger charge is -2.46. The molecule has 8 nitrogen and oxygen atoms in total. The van der Waals surface area contributed by atoms with Crippen molar-refractivity contribution in [1.29, 1.82) is 0 Å². The molecule has 0 aromatic rings. The Morgan fingerprint density at radius 1 is 1.13 bits per heavy atom. The summed E-state index contributed by atoms with van der Waals surface area (Å²) in [4.78, 5) is 58.1. The second-order valence-electron chi connectivity index (χ2n) is 13.5. The van der Waals surface area contributed by atoms with Gasteiger partial charge in [0.1, 0.15) is 0 Å². The number of Topliss-reactive ketones (excluding diaryl/α,β-unsaturated/α-hetero) is 2. The van der Waals surface area contributed by atoms with Crippen molar-refractivity contribution >= 4 is 23.4 Å². The van der Waals surface area contributed by atoms with Crippen LogP contribution in [-0.2, 0) is 19.2 Å². The van der Waals surface area contributed by atoms with Gasteiger partial charge in [0.2, 0.25) is 11.8 Å². The molecule has 1 saturated heterocycles. The minimum Gasteiger partial charge on any atom is -0.393 e. The number of rotatable bonds is 15. The van der Waals surface area contributed by atoms with Crippen molar-refractivity contribution in [3.05, 3.63) is 0 Å². The van der Waals surface area contributed by atoms with Crippen molar-refractivity contribution in [2.45, 2.75) is 131 Å². The summed E-state index contributed by atoms with van der Waals surface area (Å²) in [6.45, 7) is 18.1. The quantitative estimate of drug-likeness (QED) is 0.322. The highest BCUT2D eigenvalue weighted by atomic mass is 16.3. The van der Waals surface area contributed by atoms with Crippen LogP contribution in [0.1, 0.15) is 101 Å². The highest BCUT2D eigenvalue weighted by Crippen LogP contribution is 2.47. The number of hydrogen-bond donors (Lipinski definition) is 2. The Labute approximate surface area is 236 Å². The summed E-state index contributed by atoms with van der Waals surface area (Å²) < 4.78 is 0. The maximum absolute atomic E-state index is 13.9. The molecule has 1 saturated carbocycles. The monoisotopic (exact) mass is 549 g/mol. The van der Waals surface area contributed by atoms with E-state index in [1.54, 1.807) is 4.90 Å². The van der Waals surface area contributed by atoms with E-state index < -0.39 is 35.4 Å². The number of likely N-dealkylation sites (tertiary alicyclic amines) is 1. The van der Waals surface area contributed by atoms with Crippen molar-refractivity contribution in [3.8, 4) is 0 Å². The van der Waals surface area contributed by atoms with Crippen LogP contribution in [0.25, 0.3) is 0 Å². The van der Waals surface area contributed by atoms with Gasteiger partial charge in [-0.15, -0.1) is 0 Å². The molecule has 39 heavy (non-hydrogen) atoms. The normalized spacial score (nSPS) is 24.9. The third-order valence-electron chi connectivity index (χ3n) is 9.28. The molecule has 7 atom stereocenters. The maximum Gasteiger partial charge on any atom is 0.240 e. The number of nitrogens with one attached hydrogen (secondary N) is 1. The molecule has 2 aliphatic rings. The zero-order chi connectivity index (χ0) is 29.8. The first-order valence-electron chi connectivity index (χ1n) is 15.1. The van der Waals surface area contributed by atoms with Gasteiger partial charge in [-0.05, 0) is 71.3 Å². The Hall–Kier alpha value is -1.80. The zero-order valence-corrected chi connectivity index (χ0v) is 26.1. The molecule has 0 unspecified atom stereocenters. The second-order valence-corrected chi connectivity index (χ2v) is 13.5. The Balaban J connectivity index is 2.27. The number of aliphatic hydroxyl groups is 1. The van der Waals surface area contributed by atoms with Gasteiger partial charge in [-0.2, -0.15) is 0 Å². The molecule has 2 rings (SSSR count). The number of amides is 2. The molecule has 0 radical (unpaired) electrons. The predicted molar refractivity (Wildman–Crippen MR) is 154 cm³/mol. The fourth-order valence-corrected chi connectivity index (χ4v) is 5.87. The van der Waals surface area contributed by atoms with E-state index in [0.29, 0.717) is 19.4 Å². The topological polar surface area (TPSA) is 107 Å². The smallest absolute Gasteiger partial charge is 0.240 e. The van der Waals surface area contributed by atoms with Crippen molar-refractivity contribution < 1.29 is 24.3 Å². The molecule has 1 aliphatic carbocycles. The Morgan fingerprint density at radius 2 is 1.72 bits per heavy atom. The number of aliphatic hydroxyl groups excluding tert-OH is 1. The predicted octanol–water partition coefficient (Wildman–Crippen LogP) is 3.83. The summed E-state index contributed by atoms with van der Waals surface area (Å²) in [5.74, 6) is -1.40. The number of ketones is 2. The van der Waals surface area contributed by atoms with E-state index in [9.17, 15) is 24.3 Å². The molecule has 2 fully saturated rings. The molecule has 0 aromatic heterocycles. The van der Waals surface area contributed by atoms with Gasteiger partial charge in [0.05, 0.1) is 30.1 Å². The van der Waals surface area contributed by atoms with E-state index in [4.69, 9.17) is 0 Å². The molecule has 0 spiro atoms. The molecular formula is C31H55N3O5. The fraction of sp³-hybridized carbons (Fsp3) is 0.871. The highest BCUT2D eigenvalue weighted by molar-refractivity contribution is 5.97. The van der Waals surface area contributed by atoms with Crippen LogP contribution < -0.4 is 5.32 Å². The number of carbonyl (C=O) groups is 4. The lowest BCUT2D eigenvalue weighted by atomic mass is 9.83. The Kier molecular flexibility index (Phi) is 11.7. The third kappa shape index (κ3) is 8.12. The van der Waals surface area contributed by atoms with Gasteiger partial charge < -0.3 is 15.3 Å². The van der Waals surface area contributed by atoms with Crippen LogP contribution >= 0.6 is 0 Å². The van der Waals surface area contributed by atoms with Crippen LogP contribution in [0.4, 0.5) is 0 Å². The van der Waals surface area contributed by atoms with Crippen LogP contribution in [0.3, 0.4) is 0 Å². The summed E-state index contributed by atoms with van der Waals surface area (Å²) >= 11 is 0. The lowest BCUT2D eigenvalue weighted by molar-refractivity contribution is -0.152. The van der Waals surface area contributed by atoms with Gasteiger partial charge >= 0.3 is 0 Å². The van der Waals surface area contributed by atoms with Crippen molar-refractivity contribution in [2.75, 3.05) is 13.6 Å². The summed E-state index contributed by atoms with van der Waals surface area (Å²) in [5.41, 5.74) is -0.393. The molecule has 1 aliphatic heterocycles. The number of likely N-dealkylation sites (N-methyl/N-ethyl adjacent to an activating group) is 1. The number of nitrogens with zero attached hydrogens (tertiary/aromatic N) is 2.